The van der Waals surface area contributed by atoms with Crippen LogP contribution in [0, 0.1) is 0 Å². The minimum Gasteiger partial charge on any atom is -0.475 e. The zero-order valence-corrected chi connectivity index (χ0v) is 22.1. The Morgan fingerprint density at radius 3 is 2.38 bits per heavy atom. The molecule has 0 saturated carbocycles. The summed E-state index contributed by atoms with van der Waals surface area (Å²) in [7, 11) is 0. The highest BCUT2D eigenvalue weighted by Gasteiger charge is 2.38. The summed E-state index contributed by atoms with van der Waals surface area (Å²) in [6.45, 7) is 4.81. The average Bonchev–Trinajstić information content (AvgIpc) is 3.34. The van der Waals surface area contributed by atoms with Gasteiger partial charge in [-0.15, -0.1) is 0 Å². The summed E-state index contributed by atoms with van der Waals surface area (Å²) < 4.78 is 33.4. The van der Waals surface area contributed by atoms with E-state index in [1.54, 1.807) is 4.68 Å². The summed E-state index contributed by atoms with van der Waals surface area (Å²) in [5, 5.41) is 17.2. The van der Waals surface area contributed by atoms with Crippen LogP contribution < -0.4 is 10.9 Å². The lowest BCUT2D eigenvalue weighted by Crippen LogP contribution is -2.41. The molecule has 2 heterocycles. The number of aliphatic carboxylic acids is 1. The summed E-state index contributed by atoms with van der Waals surface area (Å²) in [4.78, 5) is 36.0. The molecule has 1 atom stereocenters. The number of benzene rings is 2. The van der Waals surface area contributed by atoms with Crippen molar-refractivity contribution in [2.75, 3.05) is 19.6 Å². The van der Waals surface area contributed by atoms with Crippen LogP contribution in [0.2, 0.25) is 5.02 Å². The molecule has 0 bridgehead atoms. The van der Waals surface area contributed by atoms with Crippen molar-refractivity contribution in [2.24, 2.45) is 0 Å². The highest BCUT2D eigenvalue weighted by molar-refractivity contribution is 6.30. The Kier molecular flexibility index (Phi) is 10.5. The smallest absolute Gasteiger partial charge is 0.475 e. The molecular formula is C27H30ClF3N4O4. The number of carboxylic acids is 1. The number of hydrogen-bond acceptors (Lipinski definition) is 5. The van der Waals surface area contributed by atoms with Gasteiger partial charge in [-0.05, 0) is 43.1 Å². The summed E-state index contributed by atoms with van der Waals surface area (Å²) in [6.07, 6.45) is -1.84. The highest BCUT2D eigenvalue weighted by atomic mass is 35.5. The van der Waals surface area contributed by atoms with Crippen molar-refractivity contribution in [1.82, 2.24) is 20.0 Å². The monoisotopic (exact) mass is 566 g/mol. The van der Waals surface area contributed by atoms with Gasteiger partial charge in [-0.1, -0.05) is 48.9 Å². The lowest BCUT2D eigenvalue weighted by Gasteiger charge is -2.25. The van der Waals surface area contributed by atoms with E-state index in [4.69, 9.17) is 26.6 Å². The maximum atomic E-state index is 13.2. The first-order valence-corrected chi connectivity index (χ1v) is 12.9. The third kappa shape index (κ3) is 8.52. The van der Waals surface area contributed by atoms with Crippen molar-refractivity contribution in [2.45, 2.75) is 51.4 Å². The van der Waals surface area contributed by atoms with E-state index in [1.807, 2.05) is 55.5 Å². The second-order valence-electron chi connectivity index (χ2n) is 9.12. The molecule has 1 fully saturated rings. The van der Waals surface area contributed by atoms with Crippen LogP contribution in [-0.4, -0.2) is 63.5 Å². The molecule has 1 saturated heterocycles. The fourth-order valence-electron chi connectivity index (χ4n) is 4.42. The molecule has 2 aromatic carbocycles. The van der Waals surface area contributed by atoms with Gasteiger partial charge in [0.1, 0.15) is 0 Å². The number of halogens is 4. The van der Waals surface area contributed by atoms with Crippen LogP contribution in [0.5, 0.6) is 0 Å². The number of amides is 1. The van der Waals surface area contributed by atoms with Crippen LogP contribution in [-0.2, 0) is 22.6 Å². The maximum Gasteiger partial charge on any atom is 0.490 e. The highest BCUT2D eigenvalue weighted by Crippen LogP contribution is 2.21. The Labute approximate surface area is 228 Å². The molecular weight excluding hydrogens is 537 g/mol. The molecule has 1 aliphatic rings. The van der Waals surface area contributed by atoms with Crippen LogP contribution in [0.15, 0.2) is 53.3 Å². The minimum atomic E-state index is -5.08. The molecule has 4 rings (SSSR count). The number of fused-ring (bicyclic) bond motifs is 1. The Morgan fingerprint density at radius 2 is 1.77 bits per heavy atom. The fraction of sp³-hybridized carbons (Fsp3) is 0.407. The largest absolute Gasteiger partial charge is 0.490 e. The SMILES string of the molecule is CCC(=O)NCCN1CCC[C@@H]1Cn1nc(Cc2ccc(Cl)cc2)c2ccccc2c1=O.O=C(O)C(F)(F)F. The van der Waals surface area contributed by atoms with Crippen molar-refractivity contribution < 1.29 is 27.9 Å². The molecule has 0 spiro atoms. The first kappa shape index (κ1) is 30.1. The van der Waals surface area contributed by atoms with Crippen molar-refractivity contribution in [3.8, 4) is 0 Å². The van der Waals surface area contributed by atoms with Crippen LogP contribution in [0.1, 0.15) is 37.4 Å². The van der Waals surface area contributed by atoms with Crippen LogP contribution in [0.3, 0.4) is 0 Å². The third-order valence-electron chi connectivity index (χ3n) is 6.40. The molecule has 1 amide bonds. The van der Waals surface area contributed by atoms with Gasteiger partial charge in [0.05, 0.1) is 17.6 Å². The standard InChI is InChI=1S/C25H29ClN4O2.C2HF3O2/c1-2-24(31)27-13-15-29-14-5-6-20(29)17-30-25(32)22-8-4-3-7-21(22)23(28-30)16-18-9-11-19(26)12-10-18;3-2(4,5)1(6)7/h3-4,7-12,20H,2,5-6,13-17H2,1H3,(H,27,31);(H,6,7)/t20-;/m1./s1. The van der Waals surface area contributed by atoms with E-state index in [0.717, 1.165) is 42.6 Å². The molecule has 210 valence electrons. The molecule has 0 aliphatic carbocycles. The van der Waals surface area contributed by atoms with Crippen LogP contribution >= 0.6 is 11.6 Å². The molecule has 8 nitrogen and oxygen atoms in total. The molecule has 3 aromatic rings. The Balaban J connectivity index is 0.000000532. The predicted molar refractivity (Wildman–Crippen MR) is 142 cm³/mol. The number of nitrogens with zero attached hydrogens (tertiary/aromatic N) is 3. The molecule has 39 heavy (non-hydrogen) atoms. The number of rotatable bonds is 8. The minimum absolute atomic E-state index is 0.0495. The van der Waals surface area contributed by atoms with Gasteiger partial charge < -0.3 is 10.4 Å². The van der Waals surface area contributed by atoms with Gasteiger partial charge in [0.2, 0.25) is 5.91 Å². The summed E-state index contributed by atoms with van der Waals surface area (Å²) >= 11 is 6.04. The van der Waals surface area contributed by atoms with Gasteiger partial charge in [0.25, 0.3) is 5.56 Å². The summed E-state index contributed by atoms with van der Waals surface area (Å²) in [6, 6.07) is 15.7. The Morgan fingerprint density at radius 1 is 1.13 bits per heavy atom. The van der Waals surface area contributed by atoms with Crippen molar-refractivity contribution in [3.05, 3.63) is 75.2 Å². The molecule has 1 aromatic heterocycles. The van der Waals surface area contributed by atoms with Gasteiger partial charge in [-0.25, -0.2) is 9.48 Å². The van der Waals surface area contributed by atoms with E-state index < -0.39 is 12.1 Å². The second-order valence-corrected chi connectivity index (χ2v) is 9.56. The number of aromatic nitrogens is 2. The van der Waals surface area contributed by atoms with Crippen LogP contribution in [0.25, 0.3) is 10.8 Å². The molecule has 0 unspecified atom stereocenters. The number of nitrogens with one attached hydrogen (secondary N) is 1. The van der Waals surface area contributed by atoms with Crippen molar-refractivity contribution in [3.63, 3.8) is 0 Å². The zero-order chi connectivity index (χ0) is 28.6. The normalized spacial score (nSPS) is 15.6. The number of hydrogen-bond donors (Lipinski definition) is 2. The number of carbonyl (C=O) groups excluding carboxylic acids is 1. The van der Waals surface area contributed by atoms with Gasteiger partial charge in [-0.3, -0.25) is 14.5 Å². The maximum absolute atomic E-state index is 13.2. The molecule has 1 aliphatic heterocycles. The summed E-state index contributed by atoms with van der Waals surface area (Å²) in [5.74, 6) is -2.69. The Bertz CT molecular complexity index is 1350. The molecule has 0 radical (unpaired) electrons. The number of likely N-dealkylation sites (tertiary alicyclic amines) is 1. The van der Waals surface area contributed by atoms with Gasteiger partial charge in [0, 0.05) is 42.4 Å². The van der Waals surface area contributed by atoms with Crippen molar-refractivity contribution in [1.29, 1.82) is 0 Å². The average molecular weight is 567 g/mol. The van der Waals surface area contributed by atoms with E-state index in [2.05, 4.69) is 10.2 Å². The molecule has 2 N–H and O–H groups in total. The van der Waals surface area contributed by atoms with E-state index in [9.17, 15) is 22.8 Å². The molecule has 12 heteroatoms. The predicted octanol–water partition coefficient (Wildman–Crippen LogP) is 4.26. The lowest BCUT2D eigenvalue weighted by molar-refractivity contribution is -0.192. The van der Waals surface area contributed by atoms with E-state index >= 15 is 0 Å². The van der Waals surface area contributed by atoms with Gasteiger partial charge >= 0.3 is 12.1 Å². The first-order valence-electron chi connectivity index (χ1n) is 12.5. The second kappa shape index (κ2) is 13.6. The first-order chi connectivity index (χ1) is 18.5. The Hall–Kier alpha value is -3.44. The van der Waals surface area contributed by atoms with E-state index in [0.29, 0.717) is 36.3 Å². The number of alkyl halides is 3. The van der Waals surface area contributed by atoms with E-state index in [-0.39, 0.29) is 17.5 Å². The van der Waals surface area contributed by atoms with Crippen LogP contribution in [0.4, 0.5) is 13.2 Å². The fourth-order valence-corrected chi connectivity index (χ4v) is 4.54. The third-order valence-corrected chi connectivity index (χ3v) is 6.65. The van der Waals surface area contributed by atoms with Gasteiger partial charge in [0.15, 0.2) is 0 Å². The van der Waals surface area contributed by atoms with Gasteiger partial charge in [-0.2, -0.15) is 18.3 Å². The topological polar surface area (TPSA) is 105 Å². The number of carboxylic acid groups (broad SMARTS) is 1. The number of carbonyl (C=O) groups is 2. The van der Waals surface area contributed by atoms with E-state index in [1.165, 1.54) is 0 Å². The zero-order valence-electron chi connectivity index (χ0n) is 21.4. The lowest BCUT2D eigenvalue weighted by atomic mass is 10.0. The summed E-state index contributed by atoms with van der Waals surface area (Å²) in [5.41, 5.74) is 1.94. The van der Waals surface area contributed by atoms with Crippen molar-refractivity contribution >= 4 is 34.2 Å². The quantitative estimate of drug-likeness (QED) is 0.422.